The van der Waals surface area contributed by atoms with Crippen molar-refractivity contribution in [2.75, 3.05) is 0 Å². The Morgan fingerprint density at radius 1 is 1.17 bits per heavy atom. The van der Waals surface area contributed by atoms with Gasteiger partial charge in [-0.1, -0.05) is 23.2 Å². The molecule has 1 nitrogen and oxygen atoms in total. The molecule has 18 heavy (non-hydrogen) atoms. The fraction of sp³-hybridized carbons (Fsp3) is 0.286. The Balaban J connectivity index is 1.80. The molecule has 2 aromatic rings. The molecular weight excluding hydrogens is 285 g/mol. The number of halogens is 2. The van der Waals surface area contributed by atoms with Crippen LogP contribution in [0.4, 0.5) is 0 Å². The summed E-state index contributed by atoms with van der Waals surface area (Å²) in [4.78, 5) is 2.52. The summed E-state index contributed by atoms with van der Waals surface area (Å²) in [6.45, 7) is 0.952. The zero-order valence-corrected chi connectivity index (χ0v) is 12.1. The fourth-order valence-corrected chi connectivity index (χ4v) is 3.27. The van der Waals surface area contributed by atoms with Crippen molar-refractivity contribution in [3.8, 4) is 10.4 Å². The average Bonchev–Trinajstić information content (AvgIpc) is 3.08. The van der Waals surface area contributed by atoms with Crippen LogP contribution in [0.1, 0.15) is 17.7 Å². The highest BCUT2D eigenvalue weighted by atomic mass is 35.5. The molecular formula is C14H13Cl2NS. The van der Waals surface area contributed by atoms with E-state index in [2.05, 4.69) is 17.4 Å². The first-order valence-electron chi connectivity index (χ1n) is 6.00. The van der Waals surface area contributed by atoms with Gasteiger partial charge in [-0.25, -0.2) is 0 Å². The molecule has 0 spiro atoms. The molecule has 3 rings (SSSR count). The van der Waals surface area contributed by atoms with Gasteiger partial charge in [0.2, 0.25) is 0 Å². The lowest BCUT2D eigenvalue weighted by Crippen LogP contribution is -2.14. The number of thiophene rings is 1. The number of benzene rings is 1. The van der Waals surface area contributed by atoms with Crippen molar-refractivity contribution in [2.24, 2.45) is 0 Å². The van der Waals surface area contributed by atoms with Gasteiger partial charge in [-0.05, 0) is 43.2 Å². The van der Waals surface area contributed by atoms with Gasteiger partial charge in [-0.15, -0.1) is 11.3 Å². The van der Waals surface area contributed by atoms with Crippen LogP contribution < -0.4 is 5.32 Å². The Labute approximate surface area is 121 Å². The van der Waals surface area contributed by atoms with Crippen molar-refractivity contribution in [1.82, 2.24) is 5.32 Å². The van der Waals surface area contributed by atoms with E-state index in [1.807, 2.05) is 18.2 Å². The van der Waals surface area contributed by atoms with E-state index >= 15 is 0 Å². The van der Waals surface area contributed by atoms with E-state index in [1.165, 1.54) is 22.6 Å². The van der Waals surface area contributed by atoms with E-state index in [9.17, 15) is 0 Å². The smallest absolute Gasteiger partial charge is 0.0493 e. The molecule has 0 aliphatic heterocycles. The van der Waals surface area contributed by atoms with Crippen molar-refractivity contribution in [2.45, 2.75) is 25.4 Å². The maximum atomic E-state index is 6.21. The molecule has 1 N–H and O–H groups in total. The van der Waals surface area contributed by atoms with Crippen molar-refractivity contribution in [1.29, 1.82) is 0 Å². The Bertz CT molecular complexity index is 561. The molecule has 4 heteroatoms. The molecule has 0 unspecified atom stereocenters. The lowest BCUT2D eigenvalue weighted by atomic mass is 10.2. The summed E-state index contributed by atoms with van der Waals surface area (Å²) in [7, 11) is 0. The second kappa shape index (κ2) is 5.22. The van der Waals surface area contributed by atoms with Crippen LogP contribution in [0.5, 0.6) is 0 Å². The Hall–Kier alpha value is -0.540. The van der Waals surface area contributed by atoms with Gasteiger partial charge < -0.3 is 5.32 Å². The number of hydrogen-bond acceptors (Lipinski definition) is 2. The summed E-state index contributed by atoms with van der Waals surface area (Å²) in [5.74, 6) is 0. The van der Waals surface area contributed by atoms with E-state index in [1.54, 1.807) is 11.3 Å². The summed E-state index contributed by atoms with van der Waals surface area (Å²) >= 11 is 14.0. The standard InChI is InChI=1S/C14H13Cl2NS/c15-9-1-5-13(16)12(7-9)14-6-4-11(18-14)8-17-10-2-3-10/h1,4-7,10,17H,2-3,8H2. The van der Waals surface area contributed by atoms with E-state index < -0.39 is 0 Å². The first-order valence-corrected chi connectivity index (χ1v) is 7.57. The minimum absolute atomic E-state index is 0.723. The molecule has 0 amide bonds. The maximum absolute atomic E-state index is 6.21. The predicted octanol–water partition coefficient (Wildman–Crippen LogP) is 4.97. The summed E-state index contributed by atoms with van der Waals surface area (Å²) in [5.41, 5.74) is 1.02. The molecule has 1 fully saturated rings. The largest absolute Gasteiger partial charge is 0.309 e. The second-order valence-electron chi connectivity index (χ2n) is 4.55. The zero-order valence-electron chi connectivity index (χ0n) is 9.75. The minimum atomic E-state index is 0.723. The number of rotatable bonds is 4. The quantitative estimate of drug-likeness (QED) is 0.840. The third kappa shape index (κ3) is 2.89. The Morgan fingerprint density at radius 2 is 2.00 bits per heavy atom. The summed E-state index contributed by atoms with van der Waals surface area (Å²) < 4.78 is 0. The van der Waals surface area contributed by atoms with Crippen LogP contribution in [0.2, 0.25) is 10.0 Å². The summed E-state index contributed by atoms with van der Waals surface area (Å²) in [6.07, 6.45) is 2.64. The third-order valence-electron chi connectivity index (χ3n) is 3.00. The average molecular weight is 298 g/mol. The van der Waals surface area contributed by atoms with Gasteiger partial charge in [-0.2, -0.15) is 0 Å². The molecule has 1 heterocycles. The molecule has 0 radical (unpaired) electrons. The van der Waals surface area contributed by atoms with Gasteiger partial charge >= 0.3 is 0 Å². The monoisotopic (exact) mass is 297 g/mol. The SMILES string of the molecule is Clc1ccc(Cl)c(-c2ccc(CNC3CC3)s2)c1. The molecule has 0 atom stereocenters. The third-order valence-corrected chi connectivity index (χ3v) is 4.68. The summed E-state index contributed by atoms with van der Waals surface area (Å²) in [5, 5.41) is 4.99. The van der Waals surface area contributed by atoms with E-state index in [4.69, 9.17) is 23.2 Å². The second-order valence-corrected chi connectivity index (χ2v) is 6.56. The minimum Gasteiger partial charge on any atom is -0.309 e. The van der Waals surface area contributed by atoms with Crippen molar-refractivity contribution in [3.63, 3.8) is 0 Å². The molecule has 1 saturated carbocycles. The molecule has 0 bridgehead atoms. The van der Waals surface area contributed by atoms with Crippen molar-refractivity contribution >= 4 is 34.5 Å². The van der Waals surface area contributed by atoms with Gasteiger partial charge in [-0.3, -0.25) is 0 Å². The predicted molar refractivity (Wildman–Crippen MR) is 79.6 cm³/mol. The number of nitrogens with one attached hydrogen (secondary N) is 1. The first-order chi connectivity index (χ1) is 8.72. The highest BCUT2D eigenvalue weighted by Crippen LogP contribution is 2.35. The Kier molecular flexibility index (Phi) is 3.62. The van der Waals surface area contributed by atoms with E-state index in [0.717, 1.165) is 28.2 Å². The van der Waals surface area contributed by atoms with Gasteiger partial charge in [0.25, 0.3) is 0 Å². The van der Waals surface area contributed by atoms with Crippen LogP contribution >= 0.6 is 34.5 Å². The van der Waals surface area contributed by atoms with E-state index in [-0.39, 0.29) is 0 Å². The topological polar surface area (TPSA) is 12.0 Å². The van der Waals surface area contributed by atoms with Crippen LogP contribution in [0.15, 0.2) is 30.3 Å². The molecule has 1 aromatic heterocycles. The molecule has 1 aliphatic rings. The molecule has 0 saturated heterocycles. The molecule has 1 aliphatic carbocycles. The van der Waals surface area contributed by atoms with Crippen LogP contribution in [0, 0.1) is 0 Å². The van der Waals surface area contributed by atoms with Crippen molar-refractivity contribution < 1.29 is 0 Å². The van der Waals surface area contributed by atoms with Gasteiger partial charge in [0.15, 0.2) is 0 Å². The highest BCUT2D eigenvalue weighted by molar-refractivity contribution is 7.15. The van der Waals surface area contributed by atoms with Crippen LogP contribution in [-0.4, -0.2) is 6.04 Å². The lowest BCUT2D eigenvalue weighted by Gasteiger charge is -2.02. The van der Waals surface area contributed by atoms with Crippen LogP contribution in [-0.2, 0) is 6.54 Å². The van der Waals surface area contributed by atoms with Gasteiger partial charge in [0, 0.05) is 37.9 Å². The highest BCUT2D eigenvalue weighted by Gasteiger charge is 2.20. The normalized spacial score (nSPS) is 15.0. The molecule has 94 valence electrons. The maximum Gasteiger partial charge on any atom is 0.0493 e. The molecule has 1 aromatic carbocycles. The number of hydrogen-bond donors (Lipinski definition) is 1. The van der Waals surface area contributed by atoms with Crippen LogP contribution in [0.25, 0.3) is 10.4 Å². The summed E-state index contributed by atoms with van der Waals surface area (Å²) in [6, 6.07) is 10.6. The van der Waals surface area contributed by atoms with Crippen LogP contribution in [0.3, 0.4) is 0 Å². The lowest BCUT2D eigenvalue weighted by molar-refractivity contribution is 0.695. The Morgan fingerprint density at radius 3 is 2.78 bits per heavy atom. The first kappa shape index (κ1) is 12.5. The zero-order chi connectivity index (χ0) is 12.5. The van der Waals surface area contributed by atoms with Gasteiger partial charge in [0.1, 0.15) is 0 Å². The van der Waals surface area contributed by atoms with E-state index in [0.29, 0.717) is 0 Å². The van der Waals surface area contributed by atoms with Gasteiger partial charge in [0.05, 0.1) is 0 Å². The fourth-order valence-electron chi connectivity index (χ4n) is 1.84. The van der Waals surface area contributed by atoms with Crippen molar-refractivity contribution in [3.05, 3.63) is 45.3 Å².